The molecule has 2 rings (SSSR count). The van der Waals surface area contributed by atoms with Crippen molar-refractivity contribution in [2.24, 2.45) is 0 Å². The van der Waals surface area contributed by atoms with Gasteiger partial charge in [0.15, 0.2) is 0 Å². The van der Waals surface area contributed by atoms with E-state index >= 15 is 0 Å². The lowest BCUT2D eigenvalue weighted by Gasteiger charge is -2.37. The van der Waals surface area contributed by atoms with Crippen molar-refractivity contribution in [2.75, 3.05) is 18.0 Å². The topological polar surface area (TPSA) is 79.5 Å². The Hall–Kier alpha value is -1.69. The van der Waals surface area contributed by atoms with Crippen molar-refractivity contribution < 1.29 is 10.0 Å². The Morgan fingerprint density at radius 3 is 2.88 bits per heavy atom. The fraction of sp³-hybridized carbons (Fsp3) is 0.545. The Labute approximate surface area is 99.0 Å². The summed E-state index contributed by atoms with van der Waals surface area (Å²) in [5.74, 6) is 0.676. The maximum absolute atomic E-state index is 10.5. The van der Waals surface area contributed by atoms with Gasteiger partial charge in [0.1, 0.15) is 12.0 Å². The van der Waals surface area contributed by atoms with Crippen LogP contribution in [0, 0.1) is 10.1 Å². The Morgan fingerprint density at radius 2 is 2.35 bits per heavy atom. The van der Waals surface area contributed by atoms with E-state index in [-0.39, 0.29) is 5.69 Å². The summed E-state index contributed by atoms with van der Waals surface area (Å²) in [5.41, 5.74) is -0.723. The average molecular weight is 237 g/mol. The molecule has 6 heteroatoms. The molecule has 1 saturated heterocycles. The first-order valence-corrected chi connectivity index (χ1v) is 5.56. The van der Waals surface area contributed by atoms with Crippen LogP contribution in [0.1, 0.15) is 19.8 Å². The average Bonchev–Trinajstić information content (AvgIpc) is 2.28. The summed E-state index contributed by atoms with van der Waals surface area (Å²) in [6.07, 6.45) is 2.92. The van der Waals surface area contributed by atoms with Crippen LogP contribution >= 0.6 is 0 Å². The largest absolute Gasteiger partial charge is 0.388 e. The molecule has 0 aromatic carbocycles. The van der Waals surface area contributed by atoms with E-state index in [2.05, 4.69) is 4.98 Å². The molecular weight excluding hydrogens is 222 g/mol. The minimum Gasteiger partial charge on any atom is -0.388 e. The molecule has 1 aromatic rings. The summed E-state index contributed by atoms with van der Waals surface area (Å²) >= 11 is 0. The van der Waals surface area contributed by atoms with Crippen molar-refractivity contribution in [2.45, 2.75) is 25.4 Å². The van der Waals surface area contributed by atoms with Gasteiger partial charge in [0, 0.05) is 19.2 Å². The maximum atomic E-state index is 10.5. The molecule has 1 aliphatic rings. The molecule has 1 fully saturated rings. The summed E-state index contributed by atoms with van der Waals surface area (Å²) < 4.78 is 0. The number of pyridine rings is 1. The Kier molecular flexibility index (Phi) is 2.97. The number of nitrogens with zero attached hydrogens (tertiary/aromatic N) is 3. The molecule has 0 spiro atoms. The van der Waals surface area contributed by atoms with Crippen LogP contribution in [-0.2, 0) is 0 Å². The number of hydrogen-bond acceptors (Lipinski definition) is 5. The van der Waals surface area contributed by atoms with E-state index in [0.717, 1.165) is 19.4 Å². The van der Waals surface area contributed by atoms with E-state index in [9.17, 15) is 15.2 Å². The normalized spacial score (nSPS) is 24.7. The van der Waals surface area contributed by atoms with E-state index in [4.69, 9.17) is 0 Å². The molecule has 0 radical (unpaired) electrons. The van der Waals surface area contributed by atoms with Crippen molar-refractivity contribution in [3.05, 3.63) is 28.4 Å². The van der Waals surface area contributed by atoms with E-state index in [1.807, 2.05) is 4.90 Å². The van der Waals surface area contributed by atoms with Gasteiger partial charge in [-0.2, -0.15) is 0 Å². The van der Waals surface area contributed by atoms with Crippen LogP contribution in [-0.4, -0.2) is 33.7 Å². The van der Waals surface area contributed by atoms with Gasteiger partial charge in [0.2, 0.25) is 0 Å². The van der Waals surface area contributed by atoms with Crippen LogP contribution < -0.4 is 4.90 Å². The standard InChI is InChI=1S/C11H15N3O3/c1-11(15)5-2-6-13(8-11)10-4-3-9(7-12-10)14(16)17/h3-4,7,15H,2,5-6,8H2,1H3. The molecule has 0 amide bonds. The van der Waals surface area contributed by atoms with Crippen molar-refractivity contribution in [1.29, 1.82) is 0 Å². The number of nitro groups is 1. The van der Waals surface area contributed by atoms with Crippen LogP contribution in [0.25, 0.3) is 0 Å². The Bertz CT molecular complexity index is 416. The van der Waals surface area contributed by atoms with Gasteiger partial charge in [-0.25, -0.2) is 4.98 Å². The molecule has 17 heavy (non-hydrogen) atoms. The predicted octanol–water partition coefficient (Wildman–Crippen LogP) is 1.34. The molecule has 92 valence electrons. The summed E-state index contributed by atoms with van der Waals surface area (Å²) in [7, 11) is 0. The second-order valence-corrected chi connectivity index (χ2v) is 4.65. The maximum Gasteiger partial charge on any atom is 0.287 e. The lowest BCUT2D eigenvalue weighted by Crippen LogP contribution is -2.46. The minimum absolute atomic E-state index is 0.0162. The van der Waals surface area contributed by atoms with Crippen molar-refractivity contribution in [1.82, 2.24) is 4.98 Å². The third kappa shape index (κ3) is 2.71. The van der Waals surface area contributed by atoms with Gasteiger partial charge in [0.25, 0.3) is 5.69 Å². The predicted molar refractivity (Wildman–Crippen MR) is 63.0 cm³/mol. The van der Waals surface area contributed by atoms with E-state index < -0.39 is 10.5 Å². The second kappa shape index (κ2) is 4.29. The highest BCUT2D eigenvalue weighted by molar-refractivity contribution is 5.43. The molecule has 0 saturated carbocycles. The third-order valence-electron chi connectivity index (χ3n) is 2.94. The molecular formula is C11H15N3O3. The first-order chi connectivity index (χ1) is 7.98. The fourth-order valence-corrected chi connectivity index (χ4v) is 2.09. The molecule has 1 N–H and O–H groups in total. The lowest BCUT2D eigenvalue weighted by molar-refractivity contribution is -0.385. The van der Waals surface area contributed by atoms with Crippen LogP contribution in [0.5, 0.6) is 0 Å². The van der Waals surface area contributed by atoms with E-state index in [1.165, 1.54) is 12.3 Å². The van der Waals surface area contributed by atoms with Crippen molar-refractivity contribution in [3.8, 4) is 0 Å². The molecule has 0 bridgehead atoms. The zero-order chi connectivity index (χ0) is 12.5. The zero-order valence-corrected chi connectivity index (χ0v) is 9.67. The van der Waals surface area contributed by atoms with Gasteiger partial charge in [-0.1, -0.05) is 0 Å². The Morgan fingerprint density at radius 1 is 1.59 bits per heavy atom. The SMILES string of the molecule is CC1(O)CCCN(c2ccc([N+](=O)[O-])cn2)C1. The summed E-state index contributed by atoms with van der Waals surface area (Å²) in [6.45, 7) is 3.13. The Balaban J connectivity index is 2.14. The molecule has 6 nitrogen and oxygen atoms in total. The van der Waals surface area contributed by atoms with Gasteiger partial charge in [0.05, 0.1) is 10.5 Å². The molecule has 1 unspecified atom stereocenters. The van der Waals surface area contributed by atoms with Gasteiger partial charge >= 0.3 is 0 Å². The van der Waals surface area contributed by atoms with Crippen LogP contribution in [0.15, 0.2) is 18.3 Å². The number of rotatable bonds is 2. The number of β-amino-alcohol motifs (C(OH)–C–C–N with tert-alkyl or cyclic N) is 1. The molecule has 1 atom stereocenters. The van der Waals surface area contributed by atoms with Crippen LogP contribution in [0.3, 0.4) is 0 Å². The van der Waals surface area contributed by atoms with E-state index in [1.54, 1.807) is 13.0 Å². The number of hydrogen-bond donors (Lipinski definition) is 1. The molecule has 0 aliphatic carbocycles. The number of aliphatic hydroxyl groups is 1. The first-order valence-electron chi connectivity index (χ1n) is 5.56. The summed E-state index contributed by atoms with van der Waals surface area (Å²) in [4.78, 5) is 16.0. The zero-order valence-electron chi connectivity index (χ0n) is 9.67. The van der Waals surface area contributed by atoms with Gasteiger partial charge < -0.3 is 10.0 Å². The third-order valence-corrected chi connectivity index (χ3v) is 2.94. The molecule has 1 aromatic heterocycles. The van der Waals surface area contributed by atoms with Crippen LogP contribution in [0.4, 0.5) is 11.5 Å². The number of anilines is 1. The highest BCUT2D eigenvalue weighted by atomic mass is 16.6. The second-order valence-electron chi connectivity index (χ2n) is 4.65. The number of piperidine rings is 1. The van der Waals surface area contributed by atoms with Crippen molar-refractivity contribution >= 4 is 11.5 Å². The number of aromatic nitrogens is 1. The molecule has 1 aliphatic heterocycles. The smallest absolute Gasteiger partial charge is 0.287 e. The first kappa shape index (κ1) is 11.8. The summed E-state index contributed by atoms with van der Waals surface area (Å²) in [6, 6.07) is 3.06. The summed E-state index contributed by atoms with van der Waals surface area (Å²) in [5, 5.41) is 20.5. The highest BCUT2D eigenvalue weighted by Crippen LogP contribution is 2.25. The highest BCUT2D eigenvalue weighted by Gasteiger charge is 2.29. The van der Waals surface area contributed by atoms with Crippen molar-refractivity contribution in [3.63, 3.8) is 0 Å². The lowest BCUT2D eigenvalue weighted by atomic mass is 9.95. The molecule has 2 heterocycles. The van der Waals surface area contributed by atoms with Crippen LogP contribution in [0.2, 0.25) is 0 Å². The minimum atomic E-state index is -0.707. The van der Waals surface area contributed by atoms with Gasteiger partial charge in [-0.05, 0) is 25.8 Å². The fourth-order valence-electron chi connectivity index (χ4n) is 2.09. The monoisotopic (exact) mass is 237 g/mol. The van der Waals surface area contributed by atoms with Gasteiger partial charge in [-0.15, -0.1) is 0 Å². The quantitative estimate of drug-likeness (QED) is 0.620. The van der Waals surface area contributed by atoms with E-state index in [0.29, 0.717) is 12.4 Å². The van der Waals surface area contributed by atoms with Gasteiger partial charge in [-0.3, -0.25) is 10.1 Å².